The minimum Gasteiger partial charge on any atom is -0.496 e. The van der Waals surface area contributed by atoms with Crippen molar-refractivity contribution in [3.8, 4) is 0 Å². The zero-order valence-corrected chi connectivity index (χ0v) is 19.2. The van der Waals surface area contributed by atoms with Gasteiger partial charge in [0.25, 0.3) is 0 Å². The summed E-state index contributed by atoms with van der Waals surface area (Å²) < 4.78 is 32.6. The van der Waals surface area contributed by atoms with Crippen molar-refractivity contribution in [3.63, 3.8) is 0 Å². The third-order valence-corrected chi connectivity index (χ3v) is 9.42. The number of sulfonamides is 1. The van der Waals surface area contributed by atoms with Crippen LogP contribution in [-0.2, 0) is 27.8 Å². The van der Waals surface area contributed by atoms with Crippen molar-refractivity contribution in [1.82, 2.24) is 14.1 Å². The molecule has 31 heavy (non-hydrogen) atoms. The van der Waals surface area contributed by atoms with Gasteiger partial charge in [-0.3, -0.25) is 4.90 Å². The van der Waals surface area contributed by atoms with Crippen molar-refractivity contribution in [2.45, 2.75) is 44.0 Å². The summed E-state index contributed by atoms with van der Waals surface area (Å²) in [6, 6.07) is 8.70. The molecule has 0 unspecified atom stereocenters. The molecule has 0 bridgehead atoms. The maximum absolute atomic E-state index is 12.4. The van der Waals surface area contributed by atoms with Crippen molar-refractivity contribution >= 4 is 10.0 Å². The molecule has 1 saturated heterocycles. The first kappa shape index (κ1) is 21.0. The zero-order chi connectivity index (χ0) is 21.4. The molecule has 5 rings (SSSR count). The number of fused-ring (bicyclic) bond motifs is 1. The van der Waals surface area contributed by atoms with Gasteiger partial charge in [-0.1, -0.05) is 24.3 Å². The molecular weight excluding hydrogens is 410 g/mol. The van der Waals surface area contributed by atoms with Gasteiger partial charge in [-0.2, -0.15) is 0 Å². The van der Waals surface area contributed by atoms with E-state index in [1.807, 2.05) is 0 Å². The molecule has 0 atom stereocenters. The van der Waals surface area contributed by atoms with Gasteiger partial charge < -0.3 is 9.64 Å². The minimum absolute atomic E-state index is 0.0982. The fraction of sp³-hybridized carbons (Fsp3) is 0.583. The van der Waals surface area contributed by atoms with E-state index in [1.165, 1.54) is 16.8 Å². The fourth-order valence-electron chi connectivity index (χ4n) is 4.85. The van der Waals surface area contributed by atoms with Gasteiger partial charge in [-0.25, -0.2) is 12.7 Å². The van der Waals surface area contributed by atoms with Crippen LogP contribution < -0.4 is 0 Å². The molecule has 2 fully saturated rings. The highest BCUT2D eigenvalue weighted by Crippen LogP contribution is 2.33. The third kappa shape index (κ3) is 4.69. The van der Waals surface area contributed by atoms with E-state index >= 15 is 0 Å². The largest absolute Gasteiger partial charge is 0.496 e. The highest BCUT2D eigenvalue weighted by molar-refractivity contribution is 7.90. The Morgan fingerprint density at radius 1 is 0.968 bits per heavy atom. The van der Waals surface area contributed by atoms with Crippen molar-refractivity contribution in [1.29, 1.82) is 0 Å². The molecule has 0 amide bonds. The number of likely N-dealkylation sites (N-methyl/N-ethyl adjacent to an activating group) is 1. The molecule has 3 aliphatic heterocycles. The molecular formula is C24H33N3O3S. The Morgan fingerprint density at radius 2 is 1.65 bits per heavy atom. The van der Waals surface area contributed by atoms with Gasteiger partial charge in [-0.15, -0.1) is 0 Å². The summed E-state index contributed by atoms with van der Waals surface area (Å²) >= 11 is 0. The van der Waals surface area contributed by atoms with Crippen LogP contribution in [-0.4, -0.2) is 67.6 Å². The van der Waals surface area contributed by atoms with E-state index < -0.39 is 10.0 Å². The number of benzene rings is 1. The van der Waals surface area contributed by atoms with E-state index in [-0.39, 0.29) is 5.25 Å². The molecule has 1 aromatic carbocycles. The van der Waals surface area contributed by atoms with Crippen LogP contribution in [0.1, 0.15) is 36.8 Å². The fourth-order valence-corrected chi connectivity index (χ4v) is 6.72. The number of ether oxygens (including phenoxy) is 1. The van der Waals surface area contributed by atoms with Crippen molar-refractivity contribution in [2.75, 3.05) is 39.8 Å². The molecule has 7 heteroatoms. The van der Waals surface area contributed by atoms with Gasteiger partial charge in [-0.05, 0) is 54.9 Å². The van der Waals surface area contributed by atoms with Crippen LogP contribution in [0.15, 0.2) is 47.9 Å². The second kappa shape index (κ2) is 8.60. The molecule has 1 saturated carbocycles. The maximum atomic E-state index is 12.4. The summed E-state index contributed by atoms with van der Waals surface area (Å²) in [6.07, 6.45) is 7.77. The predicted molar refractivity (Wildman–Crippen MR) is 122 cm³/mol. The second-order valence-corrected chi connectivity index (χ2v) is 11.7. The standard InChI is InChI=1S/C24H33N3O3S/c1-25-17-23(7-6-22(25)16-26-14-20-4-2-3-5-21(20)15-26)30-18-19-10-12-27(13-11-19)31(28,29)24-8-9-24/h2-7,19,24H,8-18H2,1H3. The van der Waals surface area contributed by atoms with Crippen molar-refractivity contribution in [3.05, 3.63) is 59.0 Å². The predicted octanol–water partition coefficient (Wildman–Crippen LogP) is 2.94. The van der Waals surface area contributed by atoms with Crippen LogP contribution >= 0.6 is 0 Å². The lowest BCUT2D eigenvalue weighted by molar-refractivity contribution is 0.117. The van der Waals surface area contributed by atoms with Crippen LogP contribution in [0.2, 0.25) is 0 Å². The summed E-state index contributed by atoms with van der Waals surface area (Å²) in [5.74, 6) is 1.44. The lowest BCUT2D eigenvalue weighted by atomic mass is 9.99. The van der Waals surface area contributed by atoms with Gasteiger partial charge in [0.2, 0.25) is 10.0 Å². The number of hydrogen-bond acceptors (Lipinski definition) is 5. The van der Waals surface area contributed by atoms with Crippen LogP contribution in [0.5, 0.6) is 0 Å². The molecule has 1 aliphatic carbocycles. The highest BCUT2D eigenvalue weighted by Gasteiger charge is 2.41. The smallest absolute Gasteiger partial charge is 0.216 e. The number of allylic oxidation sites excluding steroid dienone is 2. The third-order valence-electron chi connectivity index (χ3n) is 7.02. The molecule has 0 radical (unpaired) electrons. The first-order chi connectivity index (χ1) is 15.0. The Balaban J connectivity index is 1.09. The summed E-state index contributed by atoms with van der Waals surface area (Å²) in [4.78, 5) is 4.76. The Kier molecular flexibility index (Phi) is 5.84. The summed E-state index contributed by atoms with van der Waals surface area (Å²) in [5, 5.41) is -0.0982. The first-order valence-corrected chi connectivity index (χ1v) is 13.0. The second-order valence-electron chi connectivity index (χ2n) is 9.46. The minimum atomic E-state index is -3.03. The molecule has 0 aromatic heterocycles. The molecule has 3 heterocycles. The van der Waals surface area contributed by atoms with Gasteiger partial charge in [0.15, 0.2) is 0 Å². The molecule has 0 spiro atoms. The monoisotopic (exact) mass is 443 g/mol. The van der Waals surface area contributed by atoms with Crippen LogP contribution in [0, 0.1) is 5.92 Å². The number of nitrogens with zero attached hydrogens (tertiary/aromatic N) is 3. The lowest BCUT2D eigenvalue weighted by Crippen LogP contribution is -2.41. The molecule has 6 nitrogen and oxygen atoms in total. The Morgan fingerprint density at radius 3 is 2.26 bits per heavy atom. The van der Waals surface area contributed by atoms with E-state index in [4.69, 9.17) is 4.74 Å². The van der Waals surface area contributed by atoms with E-state index in [1.54, 1.807) is 4.31 Å². The number of piperidine rings is 1. The van der Waals surface area contributed by atoms with Gasteiger partial charge in [0, 0.05) is 45.5 Å². The van der Waals surface area contributed by atoms with E-state index in [0.29, 0.717) is 25.6 Å². The first-order valence-electron chi connectivity index (χ1n) is 11.5. The van der Waals surface area contributed by atoms with E-state index in [2.05, 4.69) is 53.3 Å². The maximum Gasteiger partial charge on any atom is 0.216 e. The molecule has 0 N–H and O–H groups in total. The van der Waals surface area contributed by atoms with E-state index in [9.17, 15) is 8.42 Å². The normalized spacial score (nSPS) is 23.5. The lowest BCUT2D eigenvalue weighted by Gasteiger charge is -2.33. The summed E-state index contributed by atoms with van der Waals surface area (Å²) in [7, 11) is -0.894. The molecule has 168 valence electrons. The van der Waals surface area contributed by atoms with Crippen LogP contribution in [0.25, 0.3) is 0 Å². The topological polar surface area (TPSA) is 53.1 Å². The van der Waals surface area contributed by atoms with Crippen LogP contribution in [0.4, 0.5) is 0 Å². The Labute approximate surface area is 186 Å². The summed E-state index contributed by atoms with van der Waals surface area (Å²) in [5.41, 5.74) is 4.20. The van der Waals surface area contributed by atoms with Crippen LogP contribution in [0.3, 0.4) is 0 Å². The van der Waals surface area contributed by atoms with Gasteiger partial charge >= 0.3 is 0 Å². The molecule has 1 aromatic rings. The summed E-state index contributed by atoms with van der Waals surface area (Å²) in [6.45, 7) is 5.75. The average Bonchev–Trinajstić information content (AvgIpc) is 3.55. The Hall–Kier alpha value is -1.83. The number of rotatable bonds is 7. The average molecular weight is 444 g/mol. The Bertz CT molecular complexity index is 951. The van der Waals surface area contributed by atoms with Crippen molar-refractivity contribution < 1.29 is 13.2 Å². The van der Waals surface area contributed by atoms with E-state index in [0.717, 1.165) is 57.6 Å². The highest BCUT2D eigenvalue weighted by atomic mass is 32.2. The number of hydrogen-bond donors (Lipinski definition) is 0. The quantitative estimate of drug-likeness (QED) is 0.649. The molecule has 4 aliphatic rings. The van der Waals surface area contributed by atoms with Gasteiger partial charge in [0.05, 0.1) is 18.4 Å². The van der Waals surface area contributed by atoms with Gasteiger partial charge in [0.1, 0.15) is 5.76 Å². The van der Waals surface area contributed by atoms with Crippen molar-refractivity contribution in [2.24, 2.45) is 5.92 Å². The SMILES string of the molecule is CN1CC(OCC2CCN(S(=O)(=O)C3CC3)CC2)=CC=C1CN1Cc2ccccc2C1. The zero-order valence-electron chi connectivity index (χ0n) is 18.4.